The molecule has 0 atom stereocenters. The molecule has 0 bridgehead atoms. The van der Waals surface area contributed by atoms with Crippen LogP contribution in [-0.2, 0) is 11.5 Å². The van der Waals surface area contributed by atoms with Crippen molar-refractivity contribution in [1.29, 1.82) is 0 Å². The maximum absolute atomic E-state index is 4.21. The molecular formula is C12H18S4. The fourth-order valence-corrected chi connectivity index (χ4v) is 3.47. The minimum atomic E-state index is 0.960. The topological polar surface area (TPSA) is 0 Å². The summed E-state index contributed by atoms with van der Waals surface area (Å²) in [4.78, 5) is 0. The van der Waals surface area contributed by atoms with E-state index in [0.29, 0.717) is 0 Å². The fraction of sp³-hybridized carbons (Fsp3) is 0.500. The van der Waals surface area contributed by atoms with Crippen molar-refractivity contribution in [3.05, 3.63) is 35.4 Å². The molecule has 1 aromatic rings. The second-order valence-electron chi connectivity index (χ2n) is 3.37. The van der Waals surface area contributed by atoms with Gasteiger partial charge in [-0.15, -0.1) is 0 Å². The van der Waals surface area contributed by atoms with Crippen LogP contribution < -0.4 is 0 Å². The Hall–Kier alpha value is 0.620. The van der Waals surface area contributed by atoms with E-state index < -0.39 is 0 Å². The van der Waals surface area contributed by atoms with Crippen molar-refractivity contribution < 1.29 is 0 Å². The number of rotatable bonds is 8. The van der Waals surface area contributed by atoms with E-state index in [4.69, 9.17) is 0 Å². The van der Waals surface area contributed by atoms with Gasteiger partial charge in [-0.3, -0.25) is 0 Å². The molecule has 0 spiro atoms. The summed E-state index contributed by atoms with van der Waals surface area (Å²) in [6.45, 7) is 0. The molecule has 0 aromatic heterocycles. The van der Waals surface area contributed by atoms with E-state index >= 15 is 0 Å². The lowest BCUT2D eigenvalue weighted by Gasteiger charge is -2.04. The second-order valence-corrected chi connectivity index (χ2v) is 6.48. The zero-order valence-electron chi connectivity index (χ0n) is 9.26. The van der Waals surface area contributed by atoms with Crippen LogP contribution in [0.15, 0.2) is 24.3 Å². The molecule has 0 heterocycles. The summed E-state index contributed by atoms with van der Waals surface area (Å²) in [6.07, 6.45) is 0. The van der Waals surface area contributed by atoms with E-state index in [0.717, 1.165) is 34.5 Å². The van der Waals surface area contributed by atoms with Gasteiger partial charge in [0, 0.05) is 23.0 Å². The minimum Gasteiger partial charge on any atom is -0.179 e. The summed E-state index contributed by atoms with van der Waals surface area (Å²) in [7, 11) is 0. The van der Waals surface area contributed by atoms with Crippen LogP contribution in [0.5, 0.6) is 0 Å². The molecule has 0 unspecified atom stereocenters. The van der Waals surface area contributed by atoms with E-state index in [1.807, 2.05) is 23.5 Å². The SMILES string of the molecule is SCCSCc1cccc(CSCCS)c1. The van der Waals surface area contributed by atoms with E-state index in [2.05, 4.69) is 49.5 Å². The lowest BCUT2D eigenvalue weighted by Crippen LogP contribution is -1.88. The van der Waals surface area contributed by atoms with E-state index in [1.165, 1.54) is 11.1 Å². The Kier molecular flexibility index (Phi) is 8.84. The van der Waals surface area contributed by atoms with Gasteiger partial charge in [-0.2, -0.15) is 48.8 Å². The molecule has 0 saturated heterocycles. The molecular weight excluding hydrogens is 272 g/mol. The fourth-order valence-electron chi connectivity index (χ4n) is 1.32. The Labute approximate surface area is 118 Å². The van der Waals surface area contributed by atoms with Crippen LogP contribution in [0.25, 0.3) is 0 Å². The zero-order chi connectivity index (χ0) is 11.6. The first kappa shape index (κ1) is 14.7. The first-order chi connectivity index (χ1) is 7.86. The van der Waals surface area contributed by atoms with Crippen LogP contribution in [0, 0.1) is 0 Å². The normalized spacial score (nSPS) is 10.6. The largest absolute Gasteiger partial charge is 0.179 e. The third kappa shape index (κ3) is 6.38. The van der Waals surface area contributed by atoms with E-state index in [1.54, 1.807) is 0 Å². The summed E-state index contributed by atoms with van der Waals surface area (Å²) >= 11 is 12.3. The number of thiol groups is 2. The Morgan fingerprint density at radius 1 is 0.875 bits per heavy atom. The van der Waals surface area contributed by atoms with Crippen molar-refractivity contribution in [2.24, 2.45) is 0 Å². The Morgan fingerprint density at radius 2 is 1.38 bits per heavy atom. The smallest absolute Gasteiger partial charge is 0.0184 e. The lowest BCUT2D eigenvalue weighted by atomic mass is 10.2. The molecule has 0 radical (unpaired) electrons. The van der Waals surface area contributed by atoms with E-state index in [-0.39, 0.29) is 0 Å². The van der Waals surface area contributed by atoms with Crippen molar-refractivity contribution in [2.75, 3.05) is 23.0 Å². The quantitative estimate of drug-likeness (QED) is 0.548. The van der Waals surface area contributed by atoms with Crippen LogP contribution in [0.1, 0.15) is 11.1 Å². The summed E-state index contributed by atoms with van der Waals surface area (Å²) in [5, 5.41) is 0. The lowest BCUT2D eigenvalue weighted by molar-refractivity contribution is 1.32. The van der Waals surface area contributed by atoms with Gasteiger partial charge in [-0.05, 0) is 22.6 Å². The van der Waals surface area contributed by atoms with Gasteiger partial charge in [0.15, 0.2) is 0 Å². The third-order valence-electron chi connectivity index (χ3n) is 2.00. The summed E-state index contributed by atoms with van der Waals surface area (Å²) < 4.78 is 0. The van der Waals surface area contributed by atoms with Crippen molar-refractivity contribution in [2.45, 2.75) is 11.5 Å². The second kappa shape index (κ2) is 9.63. The molecule has 0 aliphatic carbocycles. The standard InChI is InChI=1S/C12H18S4/c13-4-6-15-9-11-2-1-3-12(8-11)10-16-7-5-14/h1-3,8,13-14H,4-7,9-10H2. The molecule has 0 saturated carbocycles. The first-order valence-corrected chi connectivity index (χ1v) is 8.89. The van der Waals surface area contributed by atoms with Crippen molar-refractivity contribution in [1.82, 2.24) is 0 Å². The number of benzene rings is 1. The Morgan fingerprint density at radius 3 is 1.81 bits per heavy atom. The third-order valence-corrected chi connectivity index (χ3v) is 5.11. The van der Waals surface area contributed by atoms with Gasteiger partial charge >= 0.3 is 0 Å². The van der Waals surface area contributed by atoms with Gasteiger partial charge in [-0.25, -0.2) is 0 Å². The van der Waals surface area contributed by atoms with Crippen LogP contribution in [0.2, 0.25) is 0 Å². The Bertz CT molecular complexity index is 263. The zero-order valence-corrected chi connectivity index (χ0v) is 12.7. The molecule has 16 heavy (non-hydrogen) atoms. The predicted molar refractivity (Wildman–Crippen MR) is 86.5 cm³/mol. The molecule has 0 aliphatic rings. The summed E-state index contributed by atoms with van der Waals surface area (Å²) in [5.74, 6) is 6.38. The van der Waals surface area contributed by atoms with Crippen LogP contribution in [0.4, 0.5) is 0 Å². The monoisotopic (exact) mass is 290 g/mol. The predicted octanol–water partition coefficient (Wildman–Crippen LogP) is 4.01. The molecule has 4 heteroatoms. The highest BCUT2D eigenvalue weighted by atomic mass is 32.2. The molecule has 1 rings (SSSR count). The van der Waals surface area contributed by atoms with Gasteiger partial charge in [0.1, 0.15) is 0 Å². The molecule has 0 N–H and O–H groups in total. The van der Waals surface area contributed by atoms with Crippen LogP contribution in [0.3, 0.4) is 0 Å². The van der Waals surface area contributed by atoms with Crippen molar-refractivity contribution in [3.63, 3.8) is 0 Å². The average Bonchev–Trinajstić information content (AvgIpc) is 2.30. The number of hydrogen-bond donors (Lipinski definition) is 2. The van der Waals surface area contributed by atoms with Crippen LogP contribution >= 0.6 is 48.8 Å². The minimum absolute atomic E-state index is 0.960. The molecule has 1 aromatic carbocycles. The number of thioether (sulfide) groups is 2. The highest BCUT2D eigenvalue weighted by Crippen LogP contribution is 2.17. The van der Waals surface area contributed by atoms with Gasteiger partial charge in [-0.1, -0.05) is 24.3 Å². The van der Waals surface area contributed by atoms with Crippen molar-refractivity contribution >= 4 is 48.8 Å². The van der Waals surface area contributed by atoms with E-state index in [9.17, 15) is 0 Å². The number of hydrogen-bond acceptors (Lipinski definition) is 4. The van der Waals surface area contributed by atoms with Gasteiger partial charge in [0.2, 0.25) is 0 Å². The van der Waals surface area contributed by atoms with Crippen LogP contribution in [-0.4, -0.2) is 23.0 Å². The molecule has 0 nitrogen and oxygen atoms in total. The first-order valence-electron chi connectivity index (χ1n) is 5.32. The Balaban J connectivity index is 2.37. The average molecular weight is 291 g/mol. The highest BCUT2D eigenvalue weighted by molar-refractivity contribution is 7.99. The van der Waals surface area contributed by atoms with Crippen molar-refractivity contribution in [3.8, 4) is 0 Å². The maximum atomic E-state index is 4.21. The summed E-state index contributed by atoms with van der Waals surface area (Å²) in [5.41, 5.74) is 2.85. The summed E-state index contributed by atoms with van der Waals surface area (Å²) in [6, 6.07) is 8.89. The molecule has 90 valence electrons. The molecule has 0 amide bonds. The van der Waals surface area contributed by atoms with Gasteiger partial charge in [0.05, 0.1) is 0 Å². The maximum Gasteiger partial charge on any atom is 0.0184 e. The van der Waals surface area contributed by atoms with Gasteiger partial charge < -0.3 is 0 Å². The molecule has 0 aliphatic heterocycles. The van der Waals surface area contributed by atoms with Gasteiger partial charge in [0.25, 0.3) is 0 Å². The molecule has 0 fully saturated rings. The highest BCUT2D eigenvalue weighted by Gasteiger charge is 1.97.